The molecule has 2 aromatic rings. The number of alkyl halides is 3. The van der Waals surface area contributed by atoms with Crippen LogP contribution in [0.15, 0.2) is 42.5 Å². The summed E-state index contributed by atoms with van der Waals surface area (Å²) < 4.78 is 48.6. The van der Waals surface area contributed by atoms with Crippen LogP contribution in [0.1, 0.15) is 29.5 Å². The van der Waals surface area contributed by atoms with Gasteiger partial charge in [0, 0.05) is 12.6 Å². The zero-order valence-electron chi connectivity index (χ0n) is 15.8. The molecule has 1 aliphatic carbocycles. The summed E-state index contributed by atoms with van der Waals surface area (Å²) in [4.78, 5) is 14.6. The fourth-order valence-corrected chi connectivity index (χ4v) is 3.07. The molecular formula is C21H22F3NO3. The van der Waals surface area contributed by atoms with Crippen molar-refractivity contribution in [2.24, 2.45) is 0 Å². The first kappa shape index (κ1) is 20.0. The lowest BCUT2D eigenvalue weighted by Gasteiger charge is -2.23. The van der Waals surface area contributed by atoms with Gasteiger partial charge >= 0.3 is 6.18 Å². The molecule has 1 saturated carbocycles. The highest BCUT2D eigenvalue weighted by atomic mass is 19.4. The van der Waals surface area contributed by atoms with E-state index >= 15 is 0 Å². The van der Waals surface area contributed by atoms with Gasteiger partial charge in [0.05, 0.1) is 26.2 Å². The van der Waals surface area contributed by atoms with Crippen molar-refractivity contribution in [1.82, 2.24) is 4.90 Å². The van der Waals surface area contributed by atoms with Crippen molar-refractivity contribution in [3.63, 3.8) is 0 Å². The van der Waals surface area contributed by atoms with E-state index in [2.05, 4.69) is 0 Å². The van der Waals surface area contributed by atoms with E-state index in [9.17, 15) is 18.0 Å². The van der Waals surface area contributed by atoms with E-state index in [-0.39, 0.29) is 18.4 Å². The van der Waals surface area contributed by atoms with Crippen LogP contribution in [-0.4, -0.2) is 31.1 Å². The summed E-state index contributed by atoms with van der Waals surface area (Å²) >= 11 is 0. The highest BCUT2D eigenvalue weighted by molar-refractivity contribution is 5.79. The molecule has 150 valence electrons. The van der Waals surface area contributed by atoms with E-state index < -0.39 is 11.7 Å². The minimum atomic E-state index is -4.36. The number of carbonyl (C=O) groups is 1. The predicted octanol–water partition coefficient (Wildman–Crippen LogP) is 4.46. The fraction of sp³-hybridized carbons (Fsp3) is 0.381. The van der Waals surface area contributed by atoms with E-state index in [1.54, 1.807) is 24.1 Å². The number of carbonyl (C=O) groups excluding carboxylic acids is 1. The second kappa shape index (κ2) is 8.12. The van der Waals surface area contributed by atoms with E-state index in [4.69, 9.17) is 9.47 Å². The molecule has 7 heteroatoms. The molecule has 28 heavy (non-hydrogen) atoms. The third-order valence-electron chi connectivity index (χ3n) is 4.75. The smallest absolute Gasteiger partial charge is 0.416 e. The molecule has 0 spiro atoms. The van der Waals surface area contributed by atoms with E-state index in [1.807, 2.05) is 6.07 Å². The number of rotatable bonds is 7. The molecule has 0 atom stereocenters. The zero-order valence-corrected chi connectivity index (χ0v) is 15.8. The Balaban J connectivity index is 1.71. The number of hydrogen-bond acceptors (Lipinski definition) is 3. The van der Waals surface area contributed by atoms with Gasteiger partial charge in [0.1, 0.15) is 0 Å². The van der Waals surface area contributed by atoms with E-state index in [0.29, 0.717) is 23.6 Å². The summed E-state index contributed by atoms with van der Waals surface area (Å²) in [6.07, 6.45) is -2.34. The van der Waals surface area contributed by atoms with Crippen molar-refractivity contribution in [3.05, 3.63) is 59.2 Å². The van der Waals surface area contributed by atoms with Gasteiger partial charge in [-0.1, -0.05) is 18.2 Å². The number of hydrogen-bond donors (Lipinski definition) is 0. The van der Waals surface area contributed by atoms with Crippen molar-refractivity contribution in [2.45, 2.75) is 38.0 Å². The fourth-order valence-electron chi connectivity index (χ4n) is 3.07. The van der Waals surface area contributed by atoms with Crippen molar-refractivity contribution >= 4 is 5.91 Å². The molecule has 0 aromatic heterocycles. The SMILES string of the molecule is COc1ccc(CC(=O)N(Cc2ccc(C(F)(F)F)cc2)C2CC2)cc1OC. The van der Waals surface area contributed by atoms with Gasteiger partial charge in [-0.3, -0.25) is 4.79 Å². The van der Waals surface area contributed by atoms with Crippen molar-refractivity contribution in [1.29, 1.82) is 0 Å². The third kappa shape index (κ3) is 4.77. The first-order valence-corrected chi connectivity index (χ1v) is 8.98. The predicted molar refractivity (Wildman–Crippen MR) is 98.3 cm³/mol. The summed E-state index contributed by atoms with van der Waals surface area (Å²) in [6.45, 7) is 0.301. The third-order valence-corrected chi connectivity index (χ3v) is 4.75. The summed E-state index contributed by atoms with van der Waals surface area (Å²) in [5.74, 6) is 1.07. The molecule has 2 aromatic carbocycles. The average Bonchev–Trinajstić information content (AvgIpc) is 3.50. The topological polar surface area (TPSA) is 38.8 Å². The molecule has 0 bridgehead atoms. The number of benzene rings is 2. The van der Waals surface area contributed by atoms with Gasteiger partial charge in [0.25, 0.3) is 0 Å². The van der Waals surface area contributed by atoms with Gasteiger partial charge in [0.15, 0.2) is 11.5 Å². The summed E-state index contributed by atoms with van der Waals surface area (Å²) in [7, 11) is 3.08. The Hall–Kier alpha value is -2.70. The monoisotopic (exact) mass is 393 g/mol. The standard InChI is InChI=1S/C21H22F3NO3/c1-27-18-10-5-15(11-19(18)28-2)12-20(26)25(17-8-9-17)13-14-3-6-16(7-4-14)21(22,23)24/h3-7,10-11,17H,8-9,12-13H2,1-2H3. The van der Waals surface area contributed by atoms with Crippen molar-refractivity contribution in [2.75, 3.05) is 14.2 Å². The largest absolute Gasteiger partial charge is 0.493 e. The Morgan fingerprint density at radius 3 is 2.14 bits per heavy atom. The highest BCUT2D eigenvalue weighted by Gasteiger charge is 2.33. The van der Waals surface area contributed by atoms with Gasteiger partial charge in [-0.2, -0.15) is 13.2 Å². The minimum absolute atomic E-state index is 0.0605. The lowest BCUT2D eigenvalue weighted by molar-refractivity contribution is -0.137. The Morgan fingerprint density at radius 1 is 1.00 bits per heavy atom. The number of ether oxygens (including phenoxy) is 2. The number of nitrogens with zero attached hydrogens (tertiary/aromatic N) is 1. The lowest BCUT2D eigenvalue weighted by atomic mass is 10.1. The molecule has 0 unspecified atom stereocenters. The van der Waals surface area contributed by atoms with Gasteiger partial charge < -0.3 is 14.4 Å². The number of amides is 1. The maximum atomic E-state index is 12.9. The molecule has 3 rings (SSSR count). The number of halogens is 3. The van der Waals surface area contributed by atoms with Crippen LogP contribution in [0.2, 0.25) is 0 Å². The quantitative estimate of drug-likeness (QED) is 0.697. The first-order chi connectivity index (χ1) is 13.3. The molecule has 1 aliphatic rings. The molecule has 0 saturated heterocycles. The van der Waals surface area contributed by atoms with Crippen LogP contribution in [0.4, 0.5) is 13.2 Å². The Morgan fingerprint density at radius 2 is 1.61 bits per heavy atom. The maximum absolute atomic E-state index is 12.9. The molecule has 1 amide bonds. The zero-order chi connectivity index (χ0) is 20.3. The van der Waals surface area contributed by atoms with E-state index in [0.717, 1.165) is 30.5 Å². The van der Waals surface area contributed by atoms with Crippen LogP contribution in [0, 0.1) is 0 Å². The van der Waals surface area contributed by atoms with Gasteiger partial charge in [-0.05, 0) is 48.2 Å². The second-order valence-electron chi connectivity index (χ2n) is 6.81. The molecule has 1 fully saturated rings. The van der Waals surface area contributed by atoms with Crippen LogP contribution in [0.25, 0.3) is 0 Å². The van der Waals surface area contributed by atoms with Crippen molar-refractivity contribution in [3.8, 4) is 11.5 Å². The summed E-state index contributed by atoms with van der Waals surface area (Å²) in [5.41, 5.74) is 0.784. The normalized spacial score (nSPS) is 13.9. The Kier molecular flexibility index (Phi) is 5.82. The second-order valence-corrected chi connectivity index (χ2v) is 6.81. The summed E-state index contributed by atoms with van der Waals surface area (Å²) in [5, 5.41) is 0. The van der Waals surface area contributed by atoms with Crippen LogP contribution < -0.4 is 9.47 Å². The molecule has 0 aliphatic heterocycles. The van der Waals surface area contributed by atoms with Crippen LogP contribution in [-0.2, 0) is 23.9 Å². The molecule has 0 N–H and O–H groups in total. The first-order valence-electron chi connectivity index (χ1n) is 8.98. The Labute approximate surface area is 161 Å². The van der Waals surface area contributed by atoms with Crippen LogP contribution in [0.3, 0.4) is 0 Å². The molecule has 4 nitrogen and oxygen atoms in total. The maximum Gasteiger partial charge on any atom is 0.416 e. The number of methoxy groups -OCH3 is 2. The molecule has 0 heterocycles. The highest BCUT2D eigenvalue weighted by Crippen LogP contribution is 2.32. The van der Waals surface area contributed by atoms with Gasteiger partial charge in [0.2, 0.25) is 5.91 Å². The van der Waals surface area contributed by atoms with Crippen LogP contribution in [0.5, 0.6) is 11.5 Å². The van der Waals surface area contributed by atoms with Crippen molar-refractivity contribution < 1.29 is 27.4 Å². The lowest BCUT2D eigenvalue weighted by Crippen LogP contribution is -2.33. The van der Waals surface area contributed by atoms with Gasteiger partial charge in [-0.25, -0.2) is 0 Å². The average molecular weight is 393 g/mol. The minimum Gasteiger partial charge on any atom is -0.493 e. The van der Waals surface area contributed by atoms with Crippen LogP contribution >= 0.6 is 0 Å². The van der Waals surface area contributed by atoms with Gasteiger partial charge in [-0.15, -0.1) is 0 Å². The molecular weight excluding hydrogens is 371 g/mol. The molecule has 0 radical (unpaired) electrons. The van der Waals surface area contributed by atoms with E-state index in [1.165, 1.54) is 19.2 Å². The summed E-state index contributed by atoms with van der Waals surface area (Å²) in [6, 6.07) is 10.4. The Bertz CT molecular complexity index is 830.